The Morgan fingerprint density at radius 3 is 1.70 bits per heavy atom. The van der Waals surface area contributed by atoms with Crippen LogP contribution in [0.4, 0.5) is 0 Å². The number of methoxy groups -OCH3 is 1. The lowest BCUT2D eigenvalue weighted by Crippen LogP contribution is -2.60. The lowest BCUT2D eigenvalue weighted by Gasteiger charge is -2.29. The molecular formula is C29H55N3O8. The van der Waals surface area contributed by atoms with Gasteiger partial charge in [-0.3, -0.25) is 14.4 Å². The fraction of sp³-hybridized carbons (Fsp3) is 0.862. The Balaban J connectivity index is 5.05. The fourth-order valence-electron chi connectivity index (χ4n) is 4.47. The first-order chi connectivity index (χ1) is 18.8. The monoisotopic (exact) mass is 573 g/mol. The molecule has 0 bridgehead atoms. The SMILES string of the molecule is CCCCCCCCCC[C@H](C)[C@@H](O)[C@@H](C)C(=O)N[C@H](C(=O)N[C@H](C(=O)N[C@@H](CO)C(=O)OC)[C@@H](C)O)C(C)C. The Bertz CT molecular complexity index is 762. The van der Waals surface area contributed by atoms with Crippen molar-refractivity contribution in [3.63, 3.8) is 0 Å². The second-order valence-electron chi connectivity index (χ2n) is 11.2. The lowest BCUT2D eigenvalue weighted by molar-refractivity contribution is -0.147. The molecule has 0 aliphatic heterocycles. The molecule has 0 radical (unpaired) electrons. The molecule has 0 aromatic rings. The molecule has 0 saturated heterocycles. The van der Waals surface area contributed by atoms with Gasteiger partial charge in [-0.15, -0.1) is 0 Å². The van der Waals surface area contributed by atoms with Gasteiger partial charge < -0.3 is 36.0 Å². The summed E-state index contributed by atoms with van der Waals surface area (Å²) in [7, 11) is 1.09. The molecule has 0 rings (SSSR count). The maximum atomic E-state index is 13.1. The maximum Gasteiger partial charge on any atom is 0.330 e. The summed E-state index contributed by atoms with van der Waals surface area (Å²) in [6.07, 6.45) is 8.08. The van der Waals surface area contributed by atoms with Crippen LogP contribution in [0.15, 0.2) is 0 Å². The summed E-state index contributed by atoms with van der Waals surface area (Å²) in [6, 6.07) is -3.88. The first kappa shape index (κ1) is 37.8. The van der Waals surface area contributed by atoms with E-state index < -0.39 is 66.5 Å². The molecule has 11 nitrogen and oxygen atoms in total. The van der Waals surface area contributed by atoms with Crippen LogP contribution in [0, 0.1) is 17.8 Å². The van der Waals surface area contributed by atoms with E-state index in [2.05, 4.69) is 27.6 Å². The number of unbranched alkanes of at least 4 members (excludes halogenated alkanes) is 7. The largest absolute Gasteiger partial charge is 0.467 e. The molecule has 0 fully saturated rings. The Kier molecular flexibility index (Phi) is 19.5. The molecule has 0 saturated carbocycles. The fourth-order valence-corrected chi connectivity index (χ4v) is 4.47. The first-order valence-corrected chi connectivity index (χ1v) is 14.8. The molecule has 0 heterocycles. The van der Waals surface area contributed by atoms with E-state index in [1.165, 1.54) is 45.4 Å². The minimum Gasteiger partial charge on any atom is -0.467 e. The number of hydrogen-bond donors (Lipinski definition) is 6. The molecule has 0 spiro atoms. The van der Waals surface area contributed by atoms with Crippen LogP contribution in [0.5, 0.6) is 0 Å². The van der Waals surface area contributed by atoms with Crippen LogP contribution in [-0.4, -0.2) is 83.1 Å². The van der Waals surface area contributed by atoms with Crippen LogP contribution >= 0.6 is 0 Å². The van der Waals surface area contributed by atoms with Crippen LogP contribution in [0.3, 0.4) is 0 Å². The van der Waals surface area contributed by atoms with Crippen LogP contribution in [0.2, 0.25) is 0 Å². The summed E-state index contributed by atoms with van der Waals surface area (Å²) < 4.78 is 4.51. The molecule has 0 aromatic carbocycles. The smallest absolute Gasteiger partial charge is 0.330 e. The number of aliphatic hydroxyl groups excluding tert-OH is 3. The minimum atomic E-state index is -1.46. The molecule has 7 atom stereocenters. The van der Waals surface area contributed by atoms with Crippen molar-refractivity contribution in [3.8, 4) is 0 Å². The van der Waals surface area contributed by atoms with Gasteiger partial charge in [0.2, 0.25) is 17.7 Å². The molecule has 11 heteroatoms. The highest BCUT2D eigenvalue weighted by atomic mass is 16.5. The molecule has 234 valence electrons. The van der Waals surface area contributed by atoms with Gasteiger partial charge in [-0.25, -0.2) is 4.79 Å². The van der Waals surface area contributed by atoms with Crippen LogP contribution in [-0.2, 0) is 23.9 Å². The number of hydrogen-bond acceptors (Lipinski definition) is 8. The molecule has 0 unspecified atom stereocenters. The first-order valence-electron chi connectivity index (χ1n) is 14.8. The van der Waals surface area contributed by atoms with Crippen molar-refractivity contribution in [1.29, 1.82) is 0 Å². The zero-order valence-electron chi connectivity index (χ0n) is 25.6. The van der Waals surface area contributed by atoms with E-state index in [1.54, 1.807) is 20.8 Å². The van der Waals surface area contributed by atoms with Crippen LogP contribution in [0.1, 0.15) is 99.3 Å². The van der Waals surface area contributed by atoms with E-state index in [-0.39, 0.29) is 11.8 Å². The summed E-state index contributed by atoms with van der Waals surface area (Å²) in [5.74, 6) is -4.22. The molecule has 3 amide bonds. The second-order valence-corrected chi connectivity index (χ2v) is 11.2. The highest BCUT2D eigenvalue weighted by Crippen LogP contribution is 2.21. The van der Waals surface area contributed by atoms with Gasteiger partial charge in [0, 0.05) is 0 Å². The zero-order chi connectivity index (χ0) is 30.8. The average molecular weight is 574 g/mol. The standard InChI is InChI=1S/C29H55N3O8/c1-8-9-10-11-12-13-14-15-16-19(4)25(35)20(5)26(36)31-23(18(2)3)27(37)32-24(21(6)34)28(38)30-22(17-33)29(39)40-7/h18-25,33-35H,8-17H2,1-7H3,(H,30,38)(H,31,36)(H,32,37)/t19-,20+,21+,22-,23-,24-,25+/m0/s1. The maximum absolute atomic E-state index is 13.1. The summed E-state index contributed by atoms with van der Waals surface area (Å²) in [5.41, 5.74) is 0. The molecule has 0 aliphatic rings. The van der Waals surface area contributed by atoms with E-state index in [0.717, 1.165) is 26.4 Å². The van der Waals surface area contributed by atoms with E-state index in [1.807, 2.05) is 6.92 Å². The van der Waals surface area contributed by atoms with E-state index in [9.17, 15) is 34.5 Å². The van der Waals surface area contributed by atoms with E-state index >= 15 is 0 Å². The molecule has 0 aromatic heterocycles. The predicted octanol–water partition coefficient (Wildman–Crippen LogP) is 1.81. The predicted molar refractivity (Wildman–Crippen MR) is 153 cm³/mol. The zero-order valence-corrected chi connectivity index (χ0v) is 25.6. The van der Waals surface area contributed by atoms with Gasteiger partial charge in [-0.1, -0.05) is 86.0 Å². The van der Waals surface area contributed by atoms with Crippen LogP contribution < -0.4 is 16.0 Å². The van der Waals surface area contributed by atoms with Gasteiger partial charge in [-0.05, 0) is 25.2 Å². The van der Waals surface area contributed by atoms with Gasteiger partial charge in [0.1, 0.15) is 12.1 Å². The Hall–Kier alpha value is -2.24. The van der Waals surface area contributed by atoms with Crippen molar-refractivity contribution in [3.05, 3.63) is 0 Å². The molecule has 6 N–H and O–H groups in total. The molecule has 0 aliphatic carbocycles. The summed E-state index contributed by atoms with van der Waals surface area (Å²) in [5, 5.41) is 37.6. The Morgan fingerprint density at radius 1 is 0.725 bits per heavy atom. The third-order valence-corrected chi connectivity index (χ3v) is 7.32. The number of amides is 3. The second kappa shape index (κ2) is 20.6. The number of aliphatic hydroxyl groups is 3. The van der Waals surface area contributed by atoms with Crippen molar-refractivity contribution in [2.24, 2.45) is 17.8 Å². The lowest BCUT2D eigenvalue weighted by atomic mass is 9.88. The van der Waals surface area contributed by atoms with E-state index in [0.29, 0.717) is 0 Å². The Morgan fingerprint density at radius 2 is 1.23 bits per heavy atom. The highest BCUT2D eigenvalue weighted by Gasteiger charge is 2.35. The highest BCUT2D eigenvalue weighted by molar-refractivity contribution is 5.94. The number of rotatable bonds is 21. The number of esters is 1. The average Bonchev–Trinajstić information content (AvgIpc) is 2.92. The van der Waals surface area contributed by atoms with Gasteiger partial charge in [-0.2, -0.15) is 0 Å². The normalized spacial score (nSPS) is 16.7. The van der Waals surface area contributed by atoms with Crippen molar-refractivity contribution < 1.29 is 39.2 Å². The third kappa shape index (κ3) is 13.9. The van der Waals surface area contributed by atoms with Crippen molar-refractivity contribution >= 4 is 23.7 Å². The van der Waals surface area contributed by atoms with Gasteiger partial charge in [0.05, 0.1) is 31.8 Å². The topological polar surface area (TPSA) is 174 Å². The number of carbonyl (C=O) groups excluding carboxylic acids is 4. The summed E-state index contributed by atoms with van der Waals surface area (Å²) in [6.45, 7) is 9.72. The third-order valence-electron chi connectivity index (χ3n) is 7.32. The molecule has 40 heavy (non-hydrogen) atoms. The van der Waals surface area contributed by atoms with Gasteiger partial charge in [0.25, 0.3) is 0 Å². The number of nitrogens with one attached hydrogen (secondary N) is 3. The van der Waals surface area contributed by atoms with Crippen LogP contribution in [0.25, 0.3) is 0 Å². The summed E-state index contributed by atoms with van der Waals surface area (Å²) >= 11 is 0. The minimum absolute atomic E-state index is 0.0928. The summed E-state index contributed by atoms with van der Waals surface area (Å²) in [4.78, 5) is 50.4. The Labute approximate surface area is 240 Å². The van der Waals surface area contributed by atoms with Crippen molar-refractivity contribution in [2.75, 3.05) is 13.7 Å². The number of carbonyl (C=O) groups is 4. The van der Waals surface area contributed by atoms with Crippen molar-refractivity contribution in [1.82, 2.24) is 16.0 Å². The van der Waals surface area contributed by atoms with Gasteiger partial charge in [0.15, 0.2) is 6.04 Å². The van der Waals surface area contributed by atoms with Crippen molar-refractivity contribution in [2.45, 2.75) is 130 Å². The quantitative estimate of drug-likeness (QED) is 0.0890. The van der Waals surface area contributed by atoms with E-state index in [4.69, 9.17) is 0 Å². The molecular weight excluding hydrogens is 518 g/mol. The van der Waals surface area contributed by atoms with Gasteiger partial charge >= 0.3 is 5.97 Å². The number of ether oxygens (including phenoxy) is 1.